The summed E-state index contributed by atoms with van der Waals surface area (Å²) in [5, 5.41) is 4.17. The number of likely N-dealkylation sites (N-methyl/N-ethyl adjacent to an activating group) is 1. The third-order valence-corrected chi connectivity index (χ3v) is 5.36. The van der Waals surface area contributed by atoms with Crippen molar-refractivity contribution in [1.29, 1.82) is 0 Å². The number of hydrogen-bond acceptors (Lipinski definition) is 1. The molecule has 0 bridgehead atoms. The zero-order valence-electron chi connectivity index (χ0n) is 10.8. The second-order valence-electron chi connectivity index (χ2n) is 4.45. The average Bonchev–Trinajstić information content (AvgIpc) is 2.41. The molecule has 1 N–H and O–H groups in total. The van der Waals surface area contributed by atoms with Gasteiger partial charge in [-0.25, -0.2) is 0 Å². The first-order chi connectivity index (χ1) is 9.51. The summed E-state index contributed by atoms with van der Waals surface area (Å²) in [7, 11) is 1.98. The Morgan fingerprint density at radius 3 is 2.60 bits per heavy atom. The van der Waals surface area contributed by atoms with E-state index in [9.17, 15) is 0 Å². The predicted octanol–water partition coefficient (Wildman–Crippen LogP) is 5.97. The number of halogens is 4. The number of benzene rings is 2. The minimum absolute atomic E-state index is 0.220. The first-order valence-electron chi connectivity index (χ1n) is 6.07. The molecule has 1 nitrogen and oxygen atoms in total. The Bertz CT molecular complexity index is 619. The van der Waals surface area contributed by atoms with Crippen molar-refractivity contribution >= 4 is 66.1 Å². The number of rotatable bonds is 4. The molecular weight excluding hydrogens is 516 g/mol. The third-order valence-electron chi connectivity index (χ3n) is 3.12. The number of nitrogens with one attached hydrogen (secondary N) is 1. The summed E-state index contributed by atoms with van der Waals surface area (Å²) >= 11 is 15.7. The fourth-order valence-corrected chi connectivity index (χ4v) is 3.85. The van der Waals surface area contributed by atoms with Gasteiger partial charge in [0.1, 0.15) is 0 Å². The minimum Gasteiger partial charge on any atom is -0.313 e. The first-order valence-corrected chi connectivity index (χ1v) is 9.11. The van der Waals surface area contributed by atoms with Crippen LogP contribution in [-0.2, 0) is 6.42 Å². The van der Waals surface area contributed by atoms with Crippen LogP contribution in [0.25, 0.3) is 0 Å². The van der Waals surface area contributed by atoms with Gasteiger partial charge in [-0.15, -0.1) is 0 Å². The Labute approximate surface area is 154 Å². The molecule has 0 aliphatic heterocycles. The molecule has 0 aliphatic carbocycles. The molecule has 0 aliphatic rings. The normalized spacial score (nSPS) is 12.4. The molecule has 5 heteroatoms. The fourth-order valence-electron chi connectivity index (χ4n) is 2.06. The molecule has 0 radical (unpaired) electrons. The average molecular weight is 529 g/mol. The lowest BCUT2D eigenvalue weighted by atomic mass is 9.99. The van der Waals surface area contributed by atoms with E-state index in [0.717, 1.165) is 26.0 Å². The maximum atomic E-state index is 6.32. The van der Waals surface area contributed by atoms with Crippen LogP contribution in [0.15, 0.2) is 45.3 Å². The summed E-state index contributed by atoms with van der Waals surface area (Å²) in [5.74, 6) is 0. The maximum Gasteiger partial charge on any atom is 0.0449 e. The van der Waals surface area contributed by atoms with Crippen LogP contribution in [0.5, 0.6) is 0 Å². The van der Waals surface area contributed by atoms with Gasteiger partial charge in [0.25, 0.3) is 0 Å². The molecule has 1 unspecified atom stereocenters. The quantitative estimate of drug-likeness (QED) is 0.482. The standard InChI is InChI=1S/C15H13Br2ClIN/c1-20-15(12-8-11(19)4-5-13(12)17)6-9-2-3-10(16)7-14(9)18/h2-5,7-8,15,20H,6H2,1H3. The van der Waals surface area contributed by atoms with E-state index in [4.69, 9.17) is 11.6 Å². The Morgan fingerprint density at radius 1 is 1.20 bits per heavy atom. The molecular formula is C15H13Br2ClIN. The molecule has 0 spiro atoms. The van der Waals surface area contributed by atoms with E-state index in [1.807, 2.05) is 19.2 Å². The van der Waals surface area contributed by atoms with E-state index < -0.39 is 0 Å². The van der Waals surface area contributed by atoms with Gasteiger partial charge in [-0.1, -0.05) is 49.5 Å². The summed E-state index contributed by atoms with van der Waals surface area (Å²) in [6, 6.07) is 12.6. The van der Waals surface area contributed by atoms with Gasteiger partial charge in [-0.3, -0.25) is 0 Å². The van der Waals surface area contributed by atoms with Crippen LogP contribution < -0.4 is 5.32 Å². The van der Waals surface area contributed by atoms with Crippen molar-refractivity contribution < 1.29 is 0 Å². The Balaban J connectivity index is 2.31. The highest BCUT2D eigenvalue weighted by Gasteiger charge is 2.15. The Hall–Kier alpha value is 0.380. The van der Waals surface area contributed by atoms with E-state index in [1.165, 1.54) is 9.13 Å². The van der Waals surface area contributed by atoms with Crippen molar-refractivity contribution in [2.24, 2.45) is 0 Å². The summed E-state index contributed by atoms with van der Waals surface area (Å²) in [4.78, 5) is 0. The summed E-state index contributed by atoms with van der Waals surface area (Å²) in [5.41, 5.74) is 2.39. The molecule has 0 fully saturated rings. The molecule has 1 atom stereocenters. The molecule has 20 heavy (non-hydrogen) atoms. The van der Waals surface area contributed by atoms with Gasteiger partial charge in [0.15, 0.2) is 0 Å². The summed E-state index contributed by atoms with van der Waals surface area (Å²) in [6.07, 6.45) is 0.849. The molecule has 0 amide bonds. The summed E-state index contributed by atoms with van der Waals surface area (Å²) in [6.45, 7) is 0. The third kappa shape index (κ3) is 4.19. The lowest BCUT2D eigenvalue weighted by molar-refractivity contribution is 0.589. The van der Waals surface area contributed by atoms with Gasteiger partial charge >= 0.3 is 0 Å². The second kappa shape index (κ2) is 7.58. The molecule has 0 saturated carbocycles. The largest absolute Gasteiger partial charge is 0.313 e. The van der Waals surface area contributed by atoms with Crippen LogP contribution in [0, 0.1) is 3.57 Å². The molecule has 106 valence electrons. The summed E-state index contributed by atoms with van der Waals surface area (Å²) < 4.78 is 3.34. The number of hydrogen-bond donors (Lipinski definition) is 1. The monoisotopic (exact) mass is 527 g/mol. The fraction of sp³-hybridized carbons (Fsp3) is 0.200. The molecule has 0 saturated heterocycles. The Kier molecular flexibility index (Phi) is 6.35. The van der Waals surface area contributed by atoms with Crippen molar-refractivity contribution in [3.8, 4) is 0 Å². The van der Waals surface area contributed by atoms with Crippen LogP contribution in [0.3, 0.4) is 0 Å². The first kappa shape index (κ1) is 16.7. The van der Waals surface area contributed by atoms with Crippen molar-refractivity contribution in [2.45, 2.75) is 12.5 Å². The molecule has 0 heterocycles. The zero-order chi connectivity index (χ0) is 14.7. The lowest BCUT2D eigenvalue weighted by Gasteiger charge is -2.19. The highest BCUT2D eigenvalue weighted by Crippen LogP contribution is 2.30. The van der Waals surface area contributed by atoms with Gasteiger partial charge in [0.2, 0.25) is 0 Å². The van der Waals surface area contributed by atoms with E-state index in [1.54, 1.807) is 0 Å². The van der Waals surface area contributed by atoms with Crippen LogP contribution in [0.2, 0.25) is 5.02 Å². The van der Waals surface area contributed by atoms with Crippen molar-refractivity contribution in [1.82, 2.24) is 5.32 Å². The molecule has 2 rings (SSSR count). The van der Waals surface area contributed by atoms with Gasteiger partial charge in [0, 0.05) is 23.6 Å². The van der Waals surface area contributed by atoms with Gasteiger partial charge in [0.05, 0.1) is 0 Å². The van der Waals surface area contributed by atoms with Crippen molar-refractivity contribution in [2.75, 3.05) is 7.05 Å². The molecule has 2 aromatic carbocycles. The van der Waals surface area contributed by atoms with Crippen molar-refractivity contribution in [3.05, 3.63) is 65.1 Å². The highest BCUT2D eigenvalue weighted by atomic mass is 127. The second-order valence-corrected chi connectivity index (χ2v) is 7.87. The van der Waals surface area contributed by atoms with Crippen LogP contribution in [-0.4, -0.2) is 7.05 Å². The van der Waals surface area contributed by atoms with E-state index in [-0.39, 0.29) is 6.04 Å². The zero-order valence-corrected chi connectivity index (χ0v) is 16.8. The van der Waals surface area contributed by atoms with E-state index in [2.05, 4.69) is 84.0 Å². The van der Waals surface area contributed by atoms with Gasteiger partial charge in [-0.05, 0) is 77.5 Å². The predicted molar refractivity (Wildman–Crippen MR) is 102 cm³/mol. The van der Waals surface area contributed by atoms with Crippen LogP contribution >= 0.6 is 66.1 Å². The van der Waals surface area contributed by atoms with Gasteiger partial charge < -0.3 is 5.32 Å². The maximum absolute atomic E-state index is 6.32. The van der Waals surface area contributed by atoms with Gasteiger partial charge in [-0.2, -0.15) is 0 Å². The highest BCUT2D eigenvalue weighted by molar-refractivity contribution is 14.1. The SMILES string of the molecule is CNC(Cc1ccc(Br)cc1Cl)c1cc(I)ccc1Br. The van der Waals surface area contributed by atoms with Crippen LogP contribution in [0.4, 0.5) is 0 Å². The lowest BCUT2D eigenvalue weighted by Crippen LogP contribution is -2.19. The Morgan fingerprint density at radius 2 is 1.95 bits per heavy atom. The molecule has 0 aromatic heterocycles. The van der Waals surface area contributed by atoms with Crippen LogP contribution in [0.1, 0.15) is 17.2 Å². The topological polar surface area (TPSA) is 12.0 Å². The van der Waals surface area contributed by atoms with E-state index in [0.29, 0.717) is 0 Å². The minimum atomic E-state index is 0.220. The van der Waals surface area contributed by atoms with E-state index >= 15 is 0 Å². The smallest absolute Gasteiger partial charge is 0.0449 e. The molecule has 2 aromatic rings. The van der Waals surface area contributed by atoms with Crippen molar-refractivity contribution in [3.63, 3.8) is 0 Å².